The highest BCUT2D eigenvalue weighted by atomic mass is 16.5. The van der Waals surface area contributed by atoms with Crippen LogP contribution < -0.4 is 15.4 Å². The van der Waals surface area contributed by atoms with Crippen LogP contribution in [0.3, 0.4) is 0 Å². The summed E-state index contributed by atoms with van der Waals surface area (Å²) < 4.78 is 10.9. The first-order valence-electron chi connectivity index (χ1n) is 9.35. The minimum absolute atomic E-state index is 0.0138. The fourth-order valence-corrected chi connectivity index (χ4v) is 3.11. The van der Waals surface area contributed by atoms with Crippen molar-refractivity contribution in [3.63, 3.8) is 0 Å². The van der Waals surface area contributed by atoms with Crippen molar-refractivity contribution in [1.29, 1.82) is 0 Å². The average molecular weight is 396 g/mol. The molecule has 2 aromatic carbocycles. The molecule has 3 N–H and O–H groups in total. The Bertz CT molecular complexity index is 950. The van der Waals surface area contributed by atoms with E-state index in [-0.39, 0.29) is 18.1 Å². The SMILES string of the molecule is CCOc1cc(C2NC(=O)NC(C)=C2C(=O)OCc2ccc(C)cc2)ccc1O. The van der Waals surface area contributed by atoms with Crippen molar-refractivity contribution in [2.75, 3.05) is 6.61 Å². The van der Waals surface area contributed by atoms with E-state index in [1.54, 1.807) is 26.0 Å². The number of allylic oxidation sites excluding steroid dienone is 1. The molecule has 7 heteroatoms. The molecule has 0 saturated heterocycles. The summed E-state index contributed by atoms with van der Waals surface area (Å²) in [6.07, 6.45) is 0. The normalized spacial score (nSPS) is 16.1. The van der Waals surface area contributed by atoms with Crippen LogP contribution in [0.2, 0.25) is 0 Å². The van der Waals surface area contributed by atoms with Gasteiger partial charge >= 0.3 is 12.0 Å². The molecule has 0 radical (unpaired) electrons. The molecule has 1 aliphatic rings. The fraction of sp³-hybridized carbons (Fsp3) is 0.273. The number of carbonyl (C=O) groups is 2. The summed E-state index contributed by atoms with van der Waals surface area (Å²) in [5.41, 5.74) is 3.30. The molecule has 2 amide bonds. The number of amides is 2. The van der Waals surface area contributed by atoms with Crippen LogP contribution in [-0.4, -0.2) is 23.7 Å². The highest BCUT2D eigenvalue weighted by molar-refractivity contribution is 5.95. The number of rotatable bonds is 6. The van der Waals surface area contributed by atoms with E-state index in [0.717, 1.165) is 11.1 Å². The van der Waals surface area contributed by atoms with Gasteiger partial charge in [0.2, 0.25) is 0 Å². The summed E-state index contributed by atoms with van der Waals surface area (Å²) in [6, 6.07) is 11.3. The van der Waals surface area contributed by atoms with Crippen LogP contribution in [0.25, 0.3) is 0 Å². The maximum Gasteiger partial charge on any atom is 0.338 e. The van der Waals surface area contributed by atoms with Crippen LogP contribution in [-0.2, 0) is 16.1 Å². The molecule has 29 heavy (non-hydrogen) atoms. The van der Waals surface area contributed by atoms with Gasteiger partial charge in [-0.25, -0.2) is 9.59 Å². The molecule has 0 bridgehead atoms. The summed E-state index contributed by atoms with van der Waals surface area (Å²) in [5.74, 6) is -0.269. The van der Waals surface area contributed by atoms with Crippen molar-refractivity contribution in [3.05, 3.63) is 70.4 Å². The van der Waals surface area contributed by atoms with Crippen LogP contribution >= 0.6 is 0 Å². The number of aromatic hydroxyl groups is 1. The van der Waals surface area contributed by atoms with Crippen molar-refractivity contribution < 1.29 is 24.2 Å². The minimum Gasteiger partial charge on any atom is -0.504 e. The summed E-state index contributed by atoms with van der Waals surface area (Å²) >= 11 is 0. The van der Waals surface area contributed by atoms with Crippen molar-refractivity contribution in [3.8, 4) is 11.5 Å². The first-order valence-corrected chi connectivity index (χ1v) is 9.35. The van der Waals surface area contributed by atoms with E-state index in [4.69, 9.17) is 9.47 Å². The third-order valence-corrected chi connectivity index (χ3v) is 4.60. The van der Waals surface area contributed by atoms with Gasteiger partial charge in [-0.2, -0.15) is 0 Å². The first kappa shape index (κ1) is 20.3. The zero-order valence-corrected chi connectivity index (χ0v) is 16.6. The van der Waals surface area contributed by atoms with Gasteiger partial charge in [-0.15, -0.1) is 0 Å². The summed E-state index contributed by atoms with van der Waals surface area (Å²) in [6.45, 7) is 5.93. The summed E-state index contributed by atoms with van der Waals surface area (Å²) in [4.78, 5) is 24.9. The van der Waals surface area contributed by atoms with Gasteiger partial charge in [0.15, 0.2) is 11.5 Å². The van der Waals surface area contributed by atoms with E-state index in [0.29, 0.717) is 23.4 Å². The van der Waals surface area contributed by atoms with Crippen molar-refractivity contribution in [2.24, 2.45) is 0 Å². The predicted octanol–water partition coefficient (Wildman–Crippen LogP) is 3.47. The molecule has 0 aliphatic carbocycles. The molecule has 7 nitrogen and oxygen atoms in total. The smallest absolute Gasteiger partial charge is 0.338 e. The second-order valence-electron chi connectivity index (χ2n) is 6.79. The van der Waals surface area contributed by atoms with E-state index in [2.05, 4.69) is 10.6 Å². The minimum atomic E-state index is -0.728. The van der Waals surface area contributed by atoms with Gasteiger partial charge < -0.3 is 25.2 Å². The largest absolute Gasteiger partial charge is 0.504 e. The molecular formula is C22H24N2O5. The Hall–Kier alpha value is -3.48. The van der Waals surface area contributed by atoms with E-state index in [1.165, 1.54) is 6.07 Å². The monoisotopic (exact) mass is 396 g/mol. The Morgan fingerprint density at radius 3 is 2.55 bits per heavy atom. The van der Waals surface area contributed by atoms with Crippen LogP contribution in [0.4, 0.5) is 4.79 Å². The lowest BCUT2D eigenvalue weighted by molar-refractivity contribution is -0.140. The topological polar surface area (TPSA) is 96.9 Å². The molecule has 1 atom stereocenters. The third kappa shape index (κ3) is 4.68. The van der Waals surface area contributed by atoms with Crippen LogP contribution in [0, 0.1) is 6.92 Å². The van der Waals surface area contributed by atoms with Gasteiger partial charge in [-0.1, -0.05) is 35.9 Å². The Morgan fingerprint density at radius 1 is 1.14 bits per heavy atom. The molecule has 1 aliphatic heterocycles. The first-order chi connectivity index (χ1) is 13.9. The van der Waals surface area contributed by atoms with Gasteiger partial charge in [-0.3, -0.25) is 0 Å². The number of nitrogens with one attached hydrogen (secondary N) is 2. The van der Waals surface area contributed by atoms with E-state index < -0.39 is 18.0 Å². The highest BCUT2D eigenvalue weighted by Crippen LogP contribution is 2.34. The molecule has 0 fully saturated rings. The number of phenols is 1. The molecule has 152 valence electrons. The lowest BCUT2D eigenvalue weighted by Crippen LogP contribution is -2.45. The Labute approximate surface area is 169 Å². The fourth-order valence-electron chi connectivity index (χ4n) is 3.11. The number of aryl methyl sites for hydroxylation is 1. The molecule has 0 aromatic heterocycles. The maximum absolute atomic E-state index is 12.9. The Kier molecular flexibility index (Phi) is 6.07. The molecule has 1 unspecified atom stereocenters. The van der Waals surface area contributed by atoms with Gasteiger partial charge in [0.1, 0.15) is 6.61 Å². The number of ether oxygens (including phenoxy) is 2. The number of benzene rings is 2. The second kappa shape index (κ2) is 8.68. The molecule has 2 aromatic rings. The van der Waals surface area contributed by atoms with E-state index >= 15 is 0 Å². The standard InChI is InChI=1S/C22H24N2O5/c1-4-28-18-11-16(9-10-17(18)25)20-19(14(3)23-22(27)24-20)21(26)29-12-15-7-5-13(2)6-8-15/h5-11,20,25H,4,12H2,1-3H3,(H2,23,24,27). The lowest BCUT2D eigenvalue weighted by Gasteiger charge is -2.28. The van der Waals surface area contributed by atoms with E-state index in [1.807, 2.05) is 31.2 Å². The second-order valence-corrected chi connectivity index (χ2v) is 6.79. The maximum atomic E-state index is 12.9. The molecule has 3 rings (SSSR count). The Balaban J connectivity index is 1.86. The quantitative estimate of drug-likeness (QED) is 0.650. The van der Waals surface area contributed by atoms with Crippen molar-refractivity contribution in [2.45, 2.75) is 33.4 Å². The van der Waals surface area contributed by atoms with Crippen LogP contribution in [0.5, 0.6) is 11.5 Å². The van der Waals surface area contributed by atoms with Gasteiger partial charge in [0.25, 0.3) is 0 Å². The third-order valence-electron chi connectivity index (χ3n) is 4.60. The van der Waals surface area contributed by atoms with Gasteiger partial charge in [0.05, 0.1) is 18.2 Å². The van der Waals surface area contributed by atoms with Crippen LogP contribution in [0.1, 0.15) is 36.6 Å². The zero-order chi connectivity index (χ0) is 21.0. The lowest BCUT2D eigenvalue weighted by atomic mass is 9.95. The average Bonchev–Trinajstić information content (AvgIpc) is 2.68. The number of phenolic OH excluding ortho intramolecular Hbond substituents is 1. The number of urea groups is 1. The Morgan fingerprint density at radius 2 is 1.86 bits per heavy atom. The van der Waals surface area contributed by atoms with E-state index in [9.17, 15) is 14.7 Å². The van der Waals surface area contributed by atoms with Crippen molar-refractivity contribution >= 4 is 12.0 Å². The number of esters is 1. The van der Waals surface area contributed by atoms with Crippen molar-refractivity contribution in [1.82, 2.24) is 10.6 Å². The number of hydrogen-bond acceptors (Lipinski definition) is 5. The summed E-state index contributed by atoms with van der Waals surface area (Å²) in [5, 5.41) is 15.3. The number of carbonyl (C=O) groups excluding carboxylic acids is 2. The van der Waals surface area contributed by atoms with Gasteiger partial charge in [-0.05, 0) is 44.0 Å². The summed E-state index contributed by atoms with van der Waals surface area (Å²) in [7, 11) is 0. The highest BCUT2D eigenvalue weighted by Gasteiger charge is 2.32. The van der Waals surface area contributed by atoms with Crippen LogP contribution in [0.15, 0.2) is 53.7 Å². The molecular weight excluding hydrogens is 372 g/mol. The molecule has 0 saturated carbocycles. The zero-order valence-electron chi connectivity index (χ0n) is 16.6. The molecule has 0 spiro atoms. The molecule has 1 heterocycles. The predicted molar refractivity (Wildman–Crippen MR) is 107 cm³/mol. The number of hydrogen-bond donors (Lipinski definition) is 3. The van der Waals surface area contributed by atoms with Gasteiger partial charge in [0, 0.05) is 5.70 Å².